The molecular weight excluding hydrogens is 330 g/mol. The van der Waals surface area contributed by atoms with E-state index >= 15 is 0 Å². The molecular formula is C19H19N5O2. The second-order valence-corrected chi connectivity index (χ2v) is 6.29. The second kappa shape index (κ2) is 6.18. The van der Waals surface area contributed by atoms with E-state index in [1.54, 1.807) is 0 Å². The zero-order valence-electron chi connectivity index (χ0n) is 14.9. The van der Waals surface area contributed by atoms with E-state index in [2.05, 4.69) is 15.2 Å². The van der Waals surface area contributed by atoms with Crippen LogP contribution in [0.5, 0.6) is 0 Å². The van der Waals surface area contributed by atoms with Gasteiger partial charge in [0.2, 0.25) is 5.82 Å². The van der Waals surface area contributed by atoms with Crippen molar-refractivity contribution >= 4 is 5.69 Å². The Kier molecular flexibility index (Phi) is 3.84. The van der Waals surface area contributed by atoms with Crippen LogP contribution in [-0.2, 0) is 6.54 Å². The third kappa shape index (κ3) is 2.88. The molecule has 0 spiro atoms. The predicted octanol–water partition coefficient (Wildman–Crippen LogP) is 3.75. The smallest absolute Gasteiger partial charge is 0.293 e. The molecule has 0 saturated heterocycles. The fourth-order valence-corrected chi connectivity index (χ4v) is 2.89. The first-order valence-corrected chi connectivity index (χ1v) is 8.30. The van der Waals surface area contributed by atoms with Crippen LogP contribution in [0.2, 0.25) is 0 Å². The van der Waals surface area contributed by atoms with Gasteiger partial charge in [-0.3, -0.25) is 4.68 Å². The Labute approximate surface area is 150 Å². The van der Waals surface area contributed by atoms with Crippen molar-refractivity contribution in [3.63, 3.8) is 0 Å². The molecule has 132 valence electrons. The summed E-state index contributed by atoms with van der Waals surface area (Å²) < 4.78 is 13.1. The molecule has 2 N–H and O–H groups in total. The van der Waals surface area contributed by atoms with Gasteiger partial charge in [0, 0.05) is 16.9 Å². The average Bonchev–Trinajstić information content (AvgIpc) is 3.31. The molecule has 0 unspecified atom stereocenters. The van der Waals surface area contributed by atoms with Crippen LogP contribution in [-0.4, -0.2) is 19.9 Å². The topological polar surface area (TPSA) is 95.9 Å². The van der Waals surface area contributed by atoms with Gasteiger partial charge in [0.1, 0.15) is 5.76 Å². The van der Waals surface area contributed by atoms with Gasteiger partial charge in [-0.1, -0.05) is 17.3 Å². The van der Waals surface area contributed by atoms with E-state index in [0.29, 0.717) is 29.7 Å². The van der Waals surface area contributed by atoms with Gasteiger partial charge in [-0.25, -0.2) is 0 Å². The highest BCUT2D eigenvalue weighted by atomic mass is 16.5. The molecule has 4 aromatic rings. The minimum atomic E-state index is 0.335. The second-order valence-electron chi connectivity index (χ2n) is 6.29. The average molecular weight is 349 g/mol. The molecule has 26 heavy (non-hydrogen) atoms. The quantitative estimate of drug-likeness (QED) is 0.564. The number of furan rings is 1. The van der Waals surface area contributed by atoms with Crippen LogP contribution < -0.4 is 5.73 Å². The number of nitrogens with zero attached hydrogens (tertiary/aromatic N) is 4. The molecule has 0 amide bonds. The van der Waals surface area contributed by atoms with Gasteiger partial charge >= 0.3 is 0 Å². The van der Waals surface area contributed by atoms with Crippen LogP contribution >= 0.6 is 0 Å². The van der Waals surface area contributed by atoms with Gasteiger partial charge in [0.15, 0.2) is 5.76 Å². The van der Waals surface area contributed by atoms with Gasteiger partial charge in [0.05, 0.1) is 12.2 Å². The van der Waals surface area contributed by atoms with E-state index in [-0.39, 0.29) is 0 Å². The number of hydrogen-bond acceptors (Lipinski definition) is 6. The number of aryl methyl sites for hydroxylation is 2. The summed E-state index contributed by atoms with van der Waals surface area (Å²) in [6.07, 6.45) is 0. The summed E-state index contributed by atoms with van der Waals surface area (Å²) in [4.78, 5) is 4.45. The van der Waals surface area contributed by atoms with Crippen molar-refractivity contribution in [3.05, 3.63) is 59.1 Å². The Bertz CT molecular complexity index is 1070. The summed E-state index contributed by atoms with van der Waals surface area (Å²) in [5, 5.41) is 8.50. The monoisotopic (exact) mass is 349 g/mol. The standard InChI is InChI=1S/C19H19N5O2/c1-11-9-12(2)24(22-11)10-14-7-8-17(25-14)19-21-18(23-26-19)15-5-4-6-16(20)13(15)3/h4-9H,10,20H2,1-3H3. The summed E-state index contributed by atoms with van der Waals surface area (Å²) >= 11 is 0. The van der Waals surface area contributed by atoms with Crippen LogP contribution in [0.4, 0.5) is 5.69 Å². The van der Waals surface area contributed by atoms with Crippen LogP contribution in [0.15, 0.2) is 45.3 Å². The summed E-state index contributed by atoms with van der Waals surface area (Å²) in [7, 11) is 0. The first-order valence-electron chi connectivity index (χ1n) is 8.30. The number of anilines is 1. The zero-order chi connectivity index (χ0) is 18.3. The fraction of sp³-hybridized carbons (Fsp3) is 0.211. The number of aromatic nitrogens is 4. The lowest BCUT2D eigenvalue weighted by molar-refractivity contribution is 0.408. The van der Waals surface area contributed by atoms with Crippen molar-refractivity contribution in [2.24, 2.45) is 0 Å². The highest BCUT2D eigenvalue weighted by Gasteiger charge is 2.16. The molecule has 0 radical (unpaired) electrons. The first-order chi connectivity index (χ1) is 12.5. The van der Waals surface area contributed by atoms with Crippen molar-refractivity contribution in [2.75, 3.05) is 5.73 Å². The Morgan fingerprint density at radius 3 is 2.73 bits per heavy atom. The van der Waals surface area contributed by atoms with Crippen molar-refractivity contribution in [3.8, 4) is 23.0 Å². The van der Waals surface area contributed by atoms with Gasteiger partial charge in [-0.05, 0) is 50.6 Å². The van der Waals surface area contributed by atoms with Crippen molar-refractivity contribution in [1.29, 1.82) is 0 Å². The van der Waals surface area contributed by atoms with E-state index in [0.717, 1.165) is 28.3 Å². The number of nitrogens with two attached hydrogens (primary N) is 1. The van der Waals surface area contributed by atoms with E-state index < -0.39 is 0 Å². The zero-order valence-corrected chi connectivity index (χ0v) is 14.9. The van der Waals surface area contributed by atoms with Crippen LogP contribution in [0.1, 0.15) is 22.7 Å². The van der Waals surface area contributed by atoms with Gasteiger partial charge < -0.3 is 14.7 Å². The van der Waals surface area contributed by atoms with E-state index in [1.807, 2.05) is 61.9 Å². The number of benzene rings is 1. The van der Waals surface area contributed by atoms with Crippen molar-refractivity contribution < 1.29 is 8.94 Å². The molecule has 7 heteroatoms. The molecule has 7 nitrogen and oxygen atoms in total. The maximum atomic E-state index is 5.95. The molecule has 0 bridgehead atoms. The molecule has 4 rings (SSSR count). The van der Waals surface area contributed by atoms with Crippen LogP contribution in [0.3, 0.4) is 0 Å². The minimum absolute atomic E-state index is 0.335. The lowest BCUT2D eigenvalue weighted by Gasteiger charge is -2.03. The molecule has 3 heterocycles. The molecule has 0 fully saturated rings. The van der Waals surface area contributed by atoms with E-state index in [1.165, 1.54) is 0 Å². The Hall–Kier alpha value is -3.35. The van der Waals surface area contributed by atoms with Crippen molar-refractivity contribution in [2.45, 2.75) is 27.3 Å². The molecule has 0 aliphatic rings. The van der Waals surface area contributed by atoms with E-state index in [9.17, 15) is 0 Å². The third-order valence-corrected chi connectivity index (χ3v) is 4.32. The van der Waals surface area contributed by atoms with Crippen LogP contribution in [0, 0.1) is 20.8 Å². The minimum Gasteiger partial charge on any atom is -0.454 e. The lowest BCUT2D eigenvalue weighted by atomic mass is 10.1. The maximum Gasteiger partial charge on any atom is 0.293 e. The summed E-state index contributed by atoms with van der Waals surface area (Å²) in [6, 6.07) is 11.4. The highest BCUT2D eigenvalue weighted by Crippen LogP contribution is 2.28. The number of rotatable bonds is 4. The first kappa shape index (κ1) is 16.1. The molecule has 0 aliphatic heterocycles. The Morgan fingerprint density at radius 2 is 1.96 bits per heavy atom. The van der Waals surface area contributed by atoms with Gasteiger partial charge in [-0.2, -0.15) is 10.1 Å². The molecule has 0 aliphatic carbocycles. The van der Waals surface area contributed by atoms with Gasteiger partial charge in [0.25, 0.3) is 5.89 Å². The molecule has 0 saturated carbocycles. The fourth-order valence-electron chi connectivity index (χ4n) is 2.89. The number of nitrogen functional groups attached to an aromatic ring is 1. The molecule has 3 aromatic heterocycles. The van der Waals surface area contributed by atoms with Crippen molar-refractivity contribution in [1.82, 2.24) is 19.9 Å². The lowest BCUT2D eigenvalue weighted by Crippen LogP contribution is -2.02. The third-order valence-electron chi connectivity index (χ3n) is 4.32. The molecule has 0 atom stereocenters. The van der Waals surface area contributed by atoms with E-state index in [4.69, 9.17) is 14.7 Å². The maximum absolute atomic E-state index is 5.95. The highest BCUT2D eigenvalue weighted by molar-refractivity contribution is 5.68. The predicted molar refractivity (Wildman–Crippen MR) is 97.4 cm³/mol. The summed E-state index contributed by atoms with van der Waals surface area (Å²) in [5.74, 6) is 2.12. The largest absolute Gasteiger partial charge is 0.454 e. The summed E-state index contributed by atoms with van der Waals surface area (Å²) in [6.45, 7) is 6.46. The normalized spacial score (nSPS) is 11.2. The van der Waals surface area contributed by atoms with Crippen LogP contribution in [0.25, 0.3) is 23.0 Å². The molecule has 1 aromatic carbocycles. The Morgan fingerprint density at radius 1 is 1.12 bits per heavy atom. The Balaban J connectivity index is 1.60. The number of hydrogen-bond donors (Lipinski definition) is 1. The summed E-state index contributed by atoms with van der Waals surface area (Å²) in [5.41, 5.74) is 10.5. The SMILES string of the molecule is Cc1cc(C)n(Cc2ccc(-c3nc(-c4cccc(N)c4C)no3)o2)n1. The van der Waals surface area contributed by atoms with Gasteiger partial charge in [-0.15, -0.1) is 0 Å².